The average Bonchev–Trinajstić information content (AvgIpc) is 2.06. The molecule has 5 nitrogen and oxygen atoms in total. The molecule has 1 heterocycles. The summed E-state index contributed by atoms with van der Waals surface area (Å²) < 4.78 is 46.6. The van der Waals surface area contributed by atoms with Crippen molar-refractivity contribution in [2.45, 2.75) is 11.3 Å². The molecule has 1 aromatic rings. The molecule has 0 spiro atoms. The number of aromatic nitrogens is 1. The van der Waals surface area contributed by atoms with Crippen LogP contribution < -0.4 is 11.5 Å². The van der Waals surface area contributed by atoms with Gasteiger partial charge in [0, 0.05) is 16.7 Å². The third-order valence-corrected chi connectivity index (χ3v) is 2.90. The predicted octanol–water partition coefficient (Wildman–Crippen LogP) is 1.11. The molecule has 0 aliphatic heterocycles. The standard InChI is InChI=1S/C6H6ClF2N3O2S/c7-15(13,14)2-1-3(10)12-5(4(2)11)6(8)9/h1,6H,11H2,(H2,10,12). The summed E-state index contributed by atoms with van der Waals surface area (Å²) in [5.74, 6) is -0.390. The van der Waals surface area contributed by atoms with Gasteiger partial charge in [-0.1, -0.05) is 0 Å². The van der Waals surface area contributed by atoms with Gasteiger partial charge in [-0.15, -0.1) is 0 Å². The smallest absolute Gasteiger partial charge is 0.282 e. The van der Waals surface area contributed by atoms with Gasteiger partial charge >= 0.3 is 0 Å². The van der Waals surface area contributed by atoms with Gasteiger partial charge in [-0.3, -0.25) is 0 Å². The van der Waals surface area contributed by atoms with Crippen molar-refractivity contribution in [3.8, 4) is 0 Å². The Morgan fingerprint density at radius 2 is 1.93 bits per heavy atom. The highest BCUT2D eigenvalue weighted by molar-refractivity contribution is 8.13. The number of rotatable bonds is 2. The topological polar surface area (TPSA) is 99.1 Å². The summed E-state index contributed by atoms with van der Waals surface area (Å²) in [6.45, 7) is 0. The first-order valence-electron chi connectivity index (χ1n) is 3.52. The maximum atomic E-state index is 12.3. The predicted molar refractivity (Wildman–Crippen MR) is 51.1 cm³/mol. The molecule has 0 aromatic carbocycles. The zero-order chi connectivity index (χ0) is 11.8. The second kappa shape index (κ2) is 3.78. The van der Waals surface area contributed by atoms with Gasteiger partial charge in [-0.05, 0) is 0 Å². The Hall–Kier alpha value is -1.15. The van der Waals surface area contributed by atoms with Gasteiger partial charge in [0.15, 0.2) is 0 Å². The Balaban J connectivity index is 3.56. The van der Waals surface area contributed by atoms with Crippen LogP contribution in [0.4, 0.5) is 20.3 Å². The molecule has 0 fully saturated rings. The Morgan fingerprint density at radius 3 is 2.33 bits per heavy atom. The fourth-order valence-corrected chi connectivity index (χ4v) is 1.95. The van der Waals surface area contributed by atoms with E-state index in [9.17, 15) is 17.2 Å². The van der Waals surface area contributed by atoms with Gasteiger partial charge in [0.25, 0.3) is 15.5 Å². The van der Waals surface area contributed by atoms with Crippen LogP contribution in [0, 0.1) is 0 Å². The second-order valence-electron chi connectivity index (χ2n) is 2.58. The second-order valence-corrected chi connectivity index (χ2v) is 5.12. The van der Waals surface area contributed by atoms with Crippen molar-refractivity contribution >= 4 is 31.2 Å². The first-order valence-corrected chi connectivity index (χ1v) is 5.83. The molecule has 0 radical (unpaired) electrons. The summed E-state index contributed by atoms with van der Waals surface area (Å²) in [5.41, 5.74) is 8.74. The molecule has 0 saturated heterocycles. The van der Waals surface area contributed by atoms with E-state index in [1.807, 2.05) is 0 Å². The fourth-order valence-electron chi connectivity index (χ4n) is 0.938. The molecule has 1 aromatic heterocycles. The van der Waals surface area contributed by atoms with Crippen molar-refractivity contribution in [3.63, 3.8) is 0 Å². The van der Waals surface area contributed by atoms with Crippen molar-refractivity contribution in [3.05, 3.63) is 11.8 Å². The third kappa shape index (κ3) is 2.45. The van der Waals surface area contributed by atoms with E-state index in [4.69, 9.17) is 22.1 Å². The van der Waals surface area contributed by atoms with Crippen LogP contribution in [0.2, 0.25) is 0 Å². The molecule has 15 heavy (non-hydrogen) atoms. The molecule has 1 rings (SSSR count). The van der Waals surface area contributed by atoms with E-state index < -0.39 is 37.6 Å². The summed E-state index contributed by atoms with van der Waals surface area (Å²) in [6, 6.07) is 0.823. The zero-order valence-electron chi connectivity index (χ0n) is 7.12. The molecule has 0 amide bonds. The van der Waals surface area contributed by atoms with E-state index >= 15 is 0 Å². The van der Waals surface area contributed by atoms with Gasteiger partial charge < -0.3 is 11.5 Å². The Morgan fingerprint density at radius 1 is 1.40 bits per heavy atom. The van der Waals surface area contributed by atoms with E-state index in [2.05, 4.69) is 4.98 Å². The molecule has 0 bridgehead atoms. The Bertz CT molecular complexity index is 491. The molecular weight excluding hydrogens is 252 g/mol. The molecule has 4 N–H and O–H groups in total. The zero-order valence-corrected chi connectivity index (χ0v) is 8.69. The number of pyridine rings is 1. The lowest BCUT2D eigenvalue weighted by Gasteiger charge is -2.08. The maximum absolute atomic E-state index is 12.3. The molecular formula is C6H6ClF2N3O2S. The van der Waals surface area contributed by atoms with Crippen molar-refractivity contribution in [2.24, 2.45) is 0 Å². The van der Waals surface area contributed by atoms with Gasteiger partial charge in [-0.2, -0.15) is 0 Å². The summed E-state index contributed by atoms with van der Waals surface area (Å²) in [7, 11) is 0.758. The van der Waals surface area contributed by atoms with Crippen molar-refractivity contribution in [1.29, 1.82) is 0 Å². The van der Waals surface area contributed by atoms with Crippen LogP contribution in [0.15, 0.2) is 11.0 Å². The van der Waals surface area contributed by atoms with Gasteiger partial charge in [0.1, 0.15) is 16.4 Å². The number of halogens is 3. The summed E-state index contributed by atoms with van der Waals surface area (Å²) in [6.07, 6.45) is -3.02. The average molecular weight is 258 g/mol. The van der Waals surface area contributed by atoms with Crippen LogP contribution >= 0.6 is 10.7 Å². The summed E-state index contributed by atoms with van der Waals surface area (Å²) >= 11 is 0. The largest absolute Gasteiger partial charge is 0.396 e. The minimum absolute atomic E-state index is 0.390. The van der Waals surface area contributed by atoms with Crippen LogP contribution in [-0.2, 0) is 9.05 Å². The monoisotopic (exact) mass is 257 g/mol. The summed E-state index contributed by atoms with van der Waals surface area (Å²) in [5, 5.41) is 0. The molecule has 0 aliphatic carbocycles. The van der Waals surface area contributed by atoms with Crippen LogP contribution in [0.3, 0.4) is 0 Å². The van der Waals surface area contributed by atoms with Gasteiger partial charge in [0.2, 0.25) is 0 Å². The number of nitrogen functional groups attached to an aromatic ring is 2. The van der Waals surface area contributed by atoms with Crippen LogP contribution in [0.25, 0.3) is 0 Å². The molecule has 9 heteroatoms. The number of alkyl halides is 2. The van der Waals surface area contributed by atoms with Crippen LogP contribution in [0.5, 0.6) is 0 Å². The molecule has 0 saturated carbocycles. The minimum atomic E-state index is -4.22. The fraction of sp³-hybridized carbons (Fsp3) is 0.167. The molecule has 84 valence electrons. The van der Waals surface area contributed by atoms with E-state index in [0.717, 1.165) is 6.07 Å². The first-order chi connectivity index (χ1) is 6.73. The maximum Gasteiger partial charge on any atom is 0.282 e. The van der Waals surface area contributed by atoms with E-state index in [-0.39, 0.29) is 0 Å². The van der Waals surface area contributed by atoms with E-state index in [1.54, 1.807) is 0 Å². The molecule has 0 atom stereocenters. The molecule has 0 unspecified atom stereocenters. The SMILES string of the molecule is Nc1cc(S(=O)(=O)Cl)c(N)c(C(F)F)n1. The number of nitrogens with zero attached hydrogens (tertiary/aromatic N) is 1. The highest BCUT2D eigenvalue weighted by Gasteiger charge is 2.23. The number of hydrogen-bond acceptors (Lipinski definition) is 5. The lowest BCUT2D eigenvalue weighted by atomic mass is 10.3. The number of nitrogens with two attached hydrogens (primary N) is 2. The first kappa shape index (κ1) is 11.9. The quantitative estimate of drug-likeness (QED) is 0.773. The minimum Gasteiger partial charge on any atom is -0.396 e. The van der Waals surface area contributed by atoms with E-state index in [1.165, 1.54) is 0 Å². The van der Waals surface area contributed by atoms with Crippen molar-refractivity contribution in [2.75, 3.05) is 11.5 Å². The third-order valence-electron chi connectivity index (χ3n) is 1.54. The lowest BCUT2D eigenvalue weighted by molar-refractivity contribution is 0.147. The van der Waals surface area contributed by atoms with Crippen LogP contribution in [-0.4, -0.2) is 13.4 Å². The lowest BCUT2D eigenvalue weighted by Crippen LogP contribution is -2.07. The Kier molecular flexibility index (Phi) is 3.00. The molecule has 0 aliphatic rings. The highest BCUT2D eigenvalue weighted by Crippen LogP contribution is 2.31. The summed E-state index contributed by atoms with van der Waals surface area (Å²) in [4.78, 5) is 2.57. The normalized spacial score (nSPS) is 12.0. The highest BCUT2D eigenvalue weighted by atomic mass is 35.7. The van der Waals surface area contributed by atoms with Crippen molar-refractivity contribution < 1.29 is 17.2 Å². The van der Waals surface area contributed by atoms with Gasteiger partial charge in [-0.25, -0.2) is 22.2 Å². The number of hydrogen-bond donors (Lipinski definition) is 2. The van der Waals surface area contributed by atoms with E-state index in [0.29, 0.717) is 0 Å². The number of anilines is 2. The van der Waals surface area contributed by atoms with Gasteiger partial charge in [0.05, 0.1) is 5.69 Å². The Labute approximate surface area is 88.5 Å². The van der Waals surface area contributed by atoms with Crippen LogP contribution in [0.1, 0.15) is 12.1 Å². The van der Waals surface area contributed by atoms with Crippen molar-refractivity contribution in [1.82, 2.24) is 4.98 Å².